The monoisotopic (exact) mass is 457 g/mol. The molecule has 1 unspecified atom stereocenters. The van der Waals surface area contributed by atoms with Crippen molar-refractivity contribution in [2.75, 3.05) is 13.1 Å². The van der Waals surface area contributed by atoms with Crippen molar-refractivity contribution in [1.82, 2.24) is 14.4 Å². The van der Waals surface area contributed by atoms with Gasteiger partial charge in [0.2, 0.25) is 21.7 Å². The lowest BCUT2D eigenvalue weighted by molar-refractivity contribution is 0.265. The minimum Gasteiger partial charge on any atom is -0.339 e. The van der Waals surface area contributed by atoms with E-state index < -0.39 is 10.0 Å². The van der Waals surface area contributed by atoms with Crippen LogP contribution in [0.3, 0.4) is 0 Å². The first kappa shape index (κ1) is 20.7. The normalized spacial score (nSPS) is 19.8. The zero-order valence-electron chi connectivity index (χ0n) is 17.1. The predicted molar refractivity (Wildman–Crippen MR) is 119 cm³/mol. The first-order valence-electron chi connectivity index (χ1n) is 10.7. The Hall–Kier alpha value is -2.22. The number of fused-ring (bicyclic) bond motifs is 1. The van der Waals surface area contributed by atoms with E-state index >= 15 is 0 Å². The summed E-state index contributed by atoms with van der Waals surface area (Å²) in [7, 11) is -3.56. The van der Waals surface area contributed by atoms with Crippen molar-refractivity contribution in [3.8, 4) is 11.4 Å². The van der Waals surface area contributed by atoms with E-state index in [-0.39, 0.29) is 5.92 Å². The van der Waals surface area contributed by atoms with Crippen molar-refractivity contribution < 1.29 is 12.9 Å². The summed E-state index contributed by atoms with van der Waals surface area (Å²) in [4.78, 5) is 4.93. The van der Waals surface area contributed by atoms with E-state index in [1.807, 2.05) is 24.3 Å². The predicted octanol–water partition coefficient (Wildman–Crippen LogP) is 4.84. The topological polar surface area (TPSA) is 76.3 Å². The molecule has 0 radical (unpaired) electrons. The molecule has 2 aromatic carbocycles. The largest absolute Gasteiger partial charge is 0.339 e. The summed E-state index contributed by atoms with van der Waals surface area (Å²) in [5.41, 5.74) is 3.27. The molecule has 1 aliphatic carbocycles. The Morgan fingerprint density at radius 1 is 1.00 bits per heavy atom. The molecule has 0 N–H and O–H groups in total. The van der Waals surface area contributed by atoms with Crippen LogP contribution in [0.2, 0.25) is 5.02 Å². The molecule has 31 heavy (non-hydrogen) atoms. The Balaban J connectivity index is 1.36. The summed E-state index contributed by atoms with van der Waals surface area (Å²) < 4.78 is 33.8. The highest BCUT2D eigenvalue weighted by atomic mass is 35.5. The maximum absolute atomic E-state index is 13.4. The first-order chi connectivity index (χ1) is 15.0. The average Bonchev–Trinajstić information content (AvgIpc) is 3.30. The quantitative estimate of drug-likeness (QED) is 0.560. The van der Waals surface area contributed by atoms with Crippen molar-refractivity contribution in [2.24, 2.45) is 0 Å². The first-order valence-corrected chi connectivity index (χ1v) is 12.5. The number of halogens is 1. The molecular weight excluding hydrogens is 434 g/mol. The number of piperidine rings is 1. The molecule has 6 nitrogen and oxygen atoms in total. The van der Waals surface area contributed by atoms with Gasteiger partial charge in [-0.15, -0.1) is 0 Å². The third-order valence-corrected chi connectivity index (χ3v) is 8.35. The number of hydrogen-bond acceptors (Lipinski definition) is 5. The van der Waals surface area contributed by atoms with E-state index in [0.29, 0.717) is 34.7 Å². The van der Waals surface area contributed by atoms with Gasteiger partial charge in [0.15, 0.2) is 0 Å². The summed E-state index contributed by atoms with van der Waals surface area (Å²) in [6.07, 6.45) is 5.86. The van der Waals surface area contributed by atoms with Crippen LogP contribution in [0.4, 0.5) is 0 Å². The minimum atomic E-state index is -3.56. The molecule has 1 aliphatic heterocycles. The summed E-state index contributed by atoms with van der Waals surface area (Å²) in [6, 6.07) is 12.8. The molecule has 3 aromatic rings. The van der Waals surface area contributed by atoms with Gasteiger partial charge in [-0.25, -0.2) is 8.42 Å². The molecule has 1 aromatic heterocycles. The second kappa shape index (κ2) is 8.37. The lowest BCUT2D eigenvalue weighted by atomic mass is 9.92. The van der Waals surface area contributed by atoms with Gasteiger partial charge in [0.1, 0.15) is 0 Å². The maximum atomic E-state index is 13.4. The van der Waals surface area contributed by atoms with Gasteiger partial charge in [-0.05, 0) is 86.1 Å². The second-order valence-electron chi connectivity index (χ2n) is 8.30. The van der Waals surface area contributed by atoms with Crippen molar-refractivity contribution in [1.29, 1.82) is 0 Å². The molecule has 8 heteroatoms. The van der Waals surface area contributed by atoms with E-state index in [0.717, 1.165) is 37.7 Å². The van der Waals surface area contributed by atoms with Crippen LogP contribution in [-0.4, -0.2) is 36.0 Å². The van der Waals surface area contributed by atoms with Crippen LogP contribution in [0.25, 0.3) is 11.4 Å². The highest BCUT2D eigenvalue weighted by Gasteiger charge is 2.33. The SMILES string of the molecule is O=S(=O)(c1ccc2c(c1)CCCC2)N1CCCC(c2nc(-c3ccc(Cl)cc3)no2)C1. The molecule has 0 spiro atoms. The van der Waals surface area contributed by atoms with E-state index in [1.54, 1.807) is 22.5 Å². The van der Waals surface area contributed by atoms with Gasteiger partial charge in [0, 0.05) is 23.7 Å². The number of sulfonamides is 1. The summed E-state index contributed by atoms with van der Waals surface area (Å²) in [6.45, 7) is 0.857. The Bertz CT molecular complexity index is 1190. The molecule has 0 amide bonds. The van der Waals surface area contributed by atoms with E-state index in [4.69, 9.17) is 16.1 Å². The molecule has 2 heterocycles. The van der Waals surface area contributed by atoms with Crippen molar-refractivity contribution in [2.45, 2.75) is 49.3 Å². The van der Waals surface area contributed by atoms with E-state index in [2.05, 4.69) is 10.1 Å². The Kier molecular flexibility index (Phi) is 5.58. The zero-order valence-corrected chi connectivity index (χ0v) is 18.7. The Morgan fingerprint density at radius 3 is 2.58 bits per heavy atom. The summed E-state index contributed by atoms with van der Waals surface area (Å²) >= 11 is 5.95. The third-order valence-electron chi connectivity index (χ3n) is 6.24. The third kappa shape index (κ3) is 4.14. The van der Waals surface area contributed by atoms with Crippen LogP contribution in [-0.2, 0) is 22.9 Å². The van der Waals surface area contributed by atoms with Gasteiger partial charge in [-0.3, -0.25) is 0 Å². The fourth-order valence-electron chi connectivity index (χ4n) is 4.50. The number of benzene rings is 2. The molecule has 1 saturated heterocycles. The van der Waals surface area contributed by atoms with Gasteiger partial charge in [-0.2, -0.15) is 9.29 Å². The molecule has 2 aliphatic rings. The van der Waals surface area contributed by atoms with Crippen LogP contribution < -0.4 is 0 Å². The van der Waals surface area contributed by atoms with Crippen LogP contribution in [0.15, 0.2) is 51.9 Å². The molecule has 162 valence electrons. The molecule has 0 saturated carbocycles. The van der Waals surface area contributed by atoms with E-state index in [9.17, 15) is 8.42 Å². The van der Waals surface area contributed by atoms with E-state index in [1.165, 1.54) is 17.5 Å². The van der Waals surface area contributed by atoms with Crippen LogP contribution in [0.1, 0.15) is 48.6 Å². The maximum Gasteiger partial charge on any atom is 0.243 e. The van der Waals surface area contributed by atoms with Crippen LogP contribution in [0, 0.1) is 0 Å². The van der Waals surface area contributed by atoms with Gasteiger partial charge in [0.05, 0.1) is 10.8 Å². The van der Waals surface area contributed by atoms with Crippen molar-refractivity contribution in [3.63, 3.8) is 0 Å². The van der Waals surface area contributed by atoms with Gasteiger partial charge >= 0.3 is 0 Å². The Morgan fingerprint density at radius 2 is 1.77 bits per heavy atom. The number of nitrogens with zero attached hydrogens (tertiary/aromatic N) is 3. The number of hydrogen-bond donors (Lipinski definition) is 0. The molecule has 1 fully saturated rings. The van der Waals surface area contributed by atoms with Gasteiger partial charge in [0.25, 0.3) is 0 Å². The van der Waals surface area contributed by atoms with Crippen molar-refractivity contribution >= 4 is 21.6 Å². The molecule has 5 rings (SSSR count). The van der Waals surface area contributed by atoms with Crippen molar-refractivity contribution in [3.05, 3.63) is 64.5 Å². The smallest absolute Gasteiger partial charge is 0.243 e. The molecule has 1 atom stereocenters. The number of aromatic nitrogens is 2. The lowest BCUT2D eigenvalue weighted by Crippen LogP contribution is -2.39. The fraction of sp³-hybridized carbons (Fsp3) is 0.391. The minimum absolute atomic E-state index is 0.116. The zero-order chi connectivity index (χ0) is 21.4. The second-order valence-corrected chi connectivity index (χ2v) is 10.7. The molecular formula is C23H24ClN3O3S. The van der Waals surface area contributed by atoms with Crippen LogP contribution in [0.5, 0.6) is 0 Å². The number of rotatable bonds is 4. The summed E-state index contributed by atoms with van der Waals surface area (Å²) in [5.74, 6) is 0.853. The molecule has 0 bridgehead atoms. The highest BCUT2D eigenvalue weighted by Crippen LogP contribution is 2.32. The highest BCUT2D eigenvalue weighted by molar-refractivity contribution is 7.89. The lowest BCUT2D eigenvalue weighted by Gasteiger charge is -2.30. The average molecular weight is 458 g/mol. The van der Waals surface area contributed by atoms with Crippen LogP contribution >= 0.6 is 11.6 Å². The number of aryl methyl sites for hydroxylation is 2. The summed E-state index contributed by atoms with van der Waals surface area (Å²) in [5, 5.41) is 4.73. The fourth-order valence-corrected chi connectivity index (χ4v) is 6.20. The Labute approximate surface area is 187 Å². The van der Waals surface area contributed by atoms with Gasteiger partial charge in [-0.1, -0.05) is 22.8 Å². The van der Waals surface area contributed by atoms with Gasteiger partial charge < -0.3 is 4.52 Å². The standard InChI is InChI=1S/C23H24ClN3O3S/c24-20-10-7-17(8-11-20)22-25-23(30-26-22)19-6-3-13-27(15-19)31(28,29)21-12-9-16-4-1-2-5-18(16)14-21/h7-12,14,19H,1-6,13,15H2.